The molecule has 4 nitrogen and oxygen atoms in total. The lowest BCUT2D eigenvalue weighted by molar-refractivity contribution is 0.0983. The smallest absolute Gasteiger partial charge is 0.409 e. The first-order valence-corrected chi connectivity index (χ1v) is 7.42. The summed E-state index contributed by atoms with van der Waals surface area (Å²) in [4.78, 5) is 13.4. The van der Waals surface area contributed by atoms with Crippen molar-refractivity contribution in [2.75, 3.05) is 25.0 Å². The fraction of sp³-hybridized carbons (Fsp3) is 0.533. The van der Waals surface area contributed by atoms with Gasteiger partial charge in [0.25, 0.3) is 0 Å². The third-order valence-electron chi connectivity index (χ3n) is 3.57. The fourth-order valence-electron chi connectivity index (χ4n) is 2.43. The van der Waals surface area contributed by atoms with Crippen molar-refractivity contribution >= 4 is 23.4 Å². The van der Waals surface area contributed by atoms with Crippen molar-refractivity contribution in [1.82, 2.24) is 4.90 Å². The van der Waals surface area contributed by atoms with E-state index in [0.717, 1.165) is 42.2 Å². The largest absolute Gasteiger partial charge is 0.450 e. The van der Waals surface area contributed by atoms with Crippen LogP contribution < -0.4 is 5.32 Å². The normalized spacial score (nSPS) is 16.1. The van der Waals surface area contributed by atoms with E-state index in [2.05, 4.69) is 5.32 Å². The summed E-state index contributed by atoms with van der Waals surface area (Å²) >= 11 is 5.96. The number of rotatable bonds is 3. The Morgan fingerprint density at radius 2 is 2.15 bits per heavy atom. The highest BCUT2D eigenvalue weighted by Crippen LogP contribution is 2.23. The van der Waals surface area contributed by atoms with Crippen LogP contribution in [0.5, 0.6) is 0 Å². The molecule has 1 aromatic rings. The first-order chi connectivity index (χ1) is 9.60. The Hall–Kier alpha value is -1.42. The number of hydrogen-bond acceptors (Lipinski definition) is 3. The third-order valence-corrected chi connectivity index (χ3v) is 3.80. The third kappa shape index (κ3) is 3.79. The number of amides is 1. The highest BCUT2D eigenvalue weighted by Gasteiger charge is 2.23. The second-order valence-electron chi connectivity index (χ2n) is 5.06. The van der Waals surface area contributed by atoms with Gasteiger partial charge in [-0.15, -0.1) is 0 Å². The molecule has 0 aromatic heterocycles. The zero-order valence-corrected chi connectivity index (χ0v) is 12.7. The molecule has 1 fully saturated rings. The van der Waals surface area contributed by atoms with Gasteiger partial charge in [-0.25, -0.2) is 4.79 Å². The molecule has 0 bridgehead atoms. The van der Waals surface area contributed by atoms with E-state index in [0.29, 0.717) is 12.6 Å². The SMILES string of the molecule is CCOC(=O)N1CCC(Nc2ccc(Cl)cc2C)CC1. The number of anilines is 1. The number of nitrogens with one attached hydrogen (secondary N) is 1. The van der Waals surface area contributed by atoms with E-state index in [4.69, 9.17) is 16.3 Å². The number of carbonyl (C=O) groups excluding carboxylic acids is 1. The van der Waals surface area contributed by atoms with Gasteiger partial charge in [0.1, 0.15) is 0 Å². The lowest BCUT2D eigenvalue weighted by atomic mass is 10.0. The number of nitrogens with zero attached hydrogens (tertiary/aromatic N) is 1. The maximum Gasteiger partial charge on any atom is 0.409 e. The second-order valence-corrected chi connectivity index (χ2v) is 5.50. The molecular formula is C15H21ClN2O2. The first kappa shape index (κ1) is 15.0. The summed E-state index contributed by atoms with van der Waals surface area (Å²) in [6.45, 7) is 5.78. The Morgan fingerprint density at radius 1 is 1.45 bits per heavy atom. The van der Waals surface area contributed by atoms with Gasteiger partial charge in [0.05, 0.1) is 6.61 Å². The van der Waals surface area contributed by atoms with Gasteiger partial charge >= 0.3 is 6.09 Å². The minimum atomic E-state index is -0.200. The van der Waals surface area contributed by atoms with Crippen molar-refractivity contribution < 1.29 is 9.53 Å². The quantitative estimate of drug-likeness (QED) is 0.925. The summed E-state index contributed by atoms with van der Waals surface area (Å²) in [6, 6.07) is 6.25. The van der Waals surface area contributed by atoms with E-state index in [-0.39, 0.29) is 6.09 Å². The standard InChI is InChI=1S/C15H21ClN2O2/c1-3-20-15(19)18-8-6-13(7-9-18)17-14-5-4-12(16)10-11(14)2/h4-5,10,13,17H,3,6-9H2,1-2H3. The molecule has 0 unspecified atom stereocenters. The molecule has 1 aliphatic rings. The number of hydrogen-bond donors (Lipinski definition) is 1. The van der Waals surface area contributed by atoms with Crippen LogP contribution >= 0.6 is 11.6 Å². The van der Waals surface area contributed by atoms with E-state index >= 15 is 0 Å². The van der Waals surface area contributed by atoms with Crippen molar-refractivity contribution in [2.24, 2.45) is 0 Å². The molecular weight excluding hydrogens is 276 g/mol. The lowest BCUT2D eigenvalue weighted by Crippen LogP contribution is -2.42. The Morgan fingerprint density at radius 3 is 2.75 bits per heavy atom. The molecule has 110 valence electrons. The summed E-state index contributed by atoms with van der Waals surface area (Å²) in [5.41, 5.74) is 2.26. The van der Waals surface area contributed by atoms with Crippen molar-refractivity contribution in [3.05, 3.63) is 28.8 Å². The second kappa shape index (κ2) is 6.84. The lowest BCUT2D eigenvalue weighted by Gasteiger charge is -2.32. The number of piperidine rings is 1. The number of aryl methyl sites for hydroxylation is 1. The average molecular weight is 297 g/mol. The number of halogens is 1. The van der Waals surface area contributed by atoms with Crippen LogP contribution in [0.4, 0.5) is 10.5 Å². The first-order valence-electron chi connectivity index (χ1n) is 7.04. The molecule has 0 atom stereocenters. The van der Waals surface area contributed by atoms with E-state index in [1.807, 2.05) is 32.0 Å². The summed E-state index contributed by atoms with van der Waals surface area (Å²) in [7, 11) is 0. The van der Waals surface area contributed by atoms with Gasteiger partial charge in [0.2, 0.25) is 0 Å². The number of likely N-dealkylation sites (tertiary alicyclic amines) is 1. The fourth-order valence-corrected chi connectivity index (χ4v) is 2.66. The van der Waals surface area contributed by atoms with Crippen molar-refractivity contribution in [2.45, 2.75) is 32.7 Å². The zero-order valence-electron chi connectivity index (χ0n) is 12.0. The predicted octanol–water partition coefficient (Wildman–Crippen LogP) is 3.68. The Bertz CT molecular complexity index is 471. The summed E-state index contributed by atoms with van der Waals surface area (Å²) in [5.74, 6) is 0. The van der Waals surface area contributed by atoms with Crippen LogP contribution in [-0.4, -0.2) is 36.7 Å². The van der Waals surface area contributed by atoms with Gasteiger partial charge in [-0.1, -0.05) is 11.6 Å². The molecule has 0 aliphatic carbocycles. The highest BCUT2D eigenvalue weighted by atomic mass is 35.5. The van der Waals surface area contributed by atoms with Crippen LogP contribution in [-0.2, 0) is 4.74 Å². The van der Waals surface area contributed by atoms with E-state index in [1.165, 1.54) is 0 Å². The van der Waals surface area contributed by atoms with Gasteiger partial charge in [-0.2, -0.15) is 0 Å². The summed E-state index contributed by atoms with van der Waals surface area (Å²) in [5, 5.41) is 4.29. The van der Waals surface area contributed by atoms with Crippen LogP contribution in [0.15, 0.2) is 18.2 Å². The molecule has 0 saturated carbocycles. The zero-order chi connectivity index (χ0) is 14.5. The van der Waals surface area contributed by atoms with Crippen molar-refractivity contribution in [3.63, 3.8) is 0 Å². The van der Waals surface area contributed by atoms with E-state index < -0.39 is 0 Å². The van der Waals surface area contributed by atoms with Crippen LogP contribution in [0.2, 0.25) is 5.02 Å². The molecule has 0 spiro atoms. The predicted molar refractivity (Wildman–Crippen MR) is 81.4 cm³/mol. The molecule has 1 saturated heterocycles. The minimum Gasteiger partial charge on any atom is -0.450 e. The maximum atomic E-state index is 11.6. The summed E-state index contributed by atoms with van der Waals surface area (Å²) in [6.07, 6.45) is 1.66. The number of benzene rings is 1. The van der Waals surface area contributed by atoms with Gasteiger partial charge in [0.15, 0.2) is 0 Å². The van der Waals surface area contributed by atoms with Crippen molar-refractivity contribution in [3.8, 4) is 0 Å². The number of ether oxygens (including phenoxy) is 1. The van der Waals surface area contributed by atoms with E-state index in [1.54, 1.807) is 4.90 Å². The topological polar surface area (TPSA) is 41.6 Å². The molecule has 1 aliphatic heterocycles. The van der Waals surface area contributed by atoms with Crippen LogP contribution in [0.3, 0.4) is 0 Å². The Balaban J connectivity index is 1.86. The van der Waals surface area contributed by atoms with Crippen LogP contribution in [0, 0.1) is 6.92 Å². The summed E-state index contributed by atoms with van der Waals surface area (Å²) < 4.78 is 5.02. The molecule has 20 heavy (non-hydrogen) atoms. The van der Waals surface area contributed by atoms with Crippen LogP contribution in [0.25, 0.3) is 0 Å². The van der Waals surface area contributed by atoms with Gasteiger partial charge in [0, 0.05) is 29.8 Å². The molecule has 2 rings (SSSR count). The minimum absolute atomic E-state index is 0.200. The van der Waals surface area contributed by atoms with Crippen LogP contribution in [0.1, 0.15) is 25.3 Å². The van der Waals surface area contributed by atoms with Gasteiger partial charge < -0.3 is 15.0 Å². The molecule has 1 N–H and O–H groups in total. The molecule has 1 aromatic carbocycles. The maximum absolute atomic E-state index is 11.6. The molecule has 1 amide bonds. The highest BCUT2D eigenvalue weighted by molar-refractivity contribution is 6.30. The monoisotopic (exact) mass is 296 g/mol. The molecule has 5 heteroatoms. The molecule has 1 heterocycles. The van der Waals surface area contributed by atoms with Crippen molar-refractivity contribution in [1.29, 1.82) is 0 Å². The Labute approximate surface area is 125 Å². The van der Waals surface area contributed by atoms with E-state index in [9.17, 15) is 4.79 Å². The Kier molecular flexibility index (Phi) is 5.12. The molecule has 0 radical (unpaired) electrons. The average Bonchev–Trinajstić information content (AvgIpc) is 2.43. The van der Waals surface area contributed by atoms with Gasteiger partial charge in [-0.05, 0) is 50.5 Å². The number of carbonyl (C=O) groups is 1. The van der Waals surface area contributed by atoms with Gasteiger partial charge in [-0.3, -0.25) is 0 Å².